The Morgan fingerprint density at radius 3 is 2.67 bits per heavy atom. The van der Waals surface area contributed by atoms with Crippen LogP contribution in [0.25, 0.3) is 0 Å². The Bertz CT molecular complexity index is 789. The van der Waals surface area contributed by atoms with Crippen LogP contribution in [0, 0.1) is 12.7 Å². The maximum atomic E-state index is 13.7. The van der Waals surface area contributed by atoms with Crippen molar-refractivity contribution >= 4 is 5.91 Å². The number of benzene rings is 1. The number of hydrogen-bond donors (Lipinski definition) is 1. The first-order chi connectivity index (χ1) is 13.0. The highest BCUT2D eigenvalue weighted by atomic mass is 19.1. The van der Waals surface area contributed by atoms with E-state index in [4.69, 9.17) is 9.47 Å². The molecule has 1 heterocycles. The van der Waals surface area contributed by atoms with Crippen molar-refractivity contribution in [3.63, 3.8) is 0 Å². The Hall–Kier alpha value is -2.63. The minimum atomic E-state index is -0.453. The van der Waals surface area contributed by atoms with Crippen LogP contribution in [0.1, 0.15) is 36.9 Å². The first-order valence-corrected chi connectivity index (χ1v) is 9.25. The molecular formula is C21H25FN2O3. The van der Waals surface area contributed by atoms with E-state index in [9.17, 15) is 9.18 Å². The van der Waals surface area contributed by atoms with Crippen LogP contribution in [-0.4, -0.2) is 30.1 Å². The standard InChI is InChI=1S/C21H25FN2O3/c1-14-19(4-3-11-23-14)27-17-8-6-16(7-9-17)24-21(25)13-15-5-10-20(26-2)18(22)12-15/h3-5,10-12,16-17H,6-9,13H2,1-2H3,(H,24,25). The van der Waals surface area contributed by atoms with Crippen molar-refractivity contribution in [3.05, 3.63) is 53.6 Å². The molecule has 6 heteroatoms. The zero-order valence-electron chi connectivity index (χ0n) is 15.7. The van der Waals surface area contributed by atoms with Crippen molar-refractivity contribution < 1.29 is 18.7 Å². The van der Waals surface area contributed by atoms with E-state index < -0.39 is 5.82 Å². The molecule has 1 aromatic heterocycles. The van der Waals surface area contributed by atoms with E-state index in [1.165, 1.54) is 13.2 Å². The molecule has 0 saturated heterocycles. The lowest BCUT2D eigenvalue weighted by Gasteiger charge is -2.29. The van der Waals surface area contributed by atoms with Gasteiger partial charge in [-0.1, -0.05) is 6.07 Å². The number of methoxy groups -OCH3 is 1. The second-order valence-electron chi connectivity index (χ2n) is 6.89. The number of aryl methyl sites for hydroxylation is 1. The van der Waals surface area contributed by atoms with Gasteiger partial charge in [-0.25, -0.2) is 4.39 Å². The quantitative estimate of drug-likeness (QED) is 0.842. The minimum Gasteiger partial charge on any atom is -0.494 e. The van der Waals surface area contributed by atoms with E-state index in [1.54, 1.807) is 18.3 Å². The van der Waals surface area contributed by atoms with Crippen LogP contribution in [0.4, 0.5) is 4.39 Å². The first kappa shape index (κ1) is 19.1. The van der Waals surface area contributed by atoms with Gasteiger partial charge in [0.1, 0.15) is 5.75 Å². The number of halogens is 1. The van der Waals surface area contributed by atoms with Gasteiger partial charge in [0.25, 0.3) is 0 Å². The molecule has 27 heavy (non-hydrogen) atoms. The molecule has 1 N–H and O–H groups in total. The molecule has 1 aliphatic rings. The molecule has 1 aliphatic carbocycles. The number of ether oxygens (including phenoxy) is 2. The van der Waals surface area contributed by atoms with Gasteiger partial charge in [-0.05, 0) is 62.4 Å². The highest BCUT2D eigenvalue weighted by molar-refractivity contribution is 5.78. The van der Waals surface area contributed by atoms with Crippen molar-refractivity contribution in [1.29, 1.82) is 0 Å². The number of nitrogens with zero attached hydrogens (tertiary/aromatic N) is 1. The minimum absolute atomic E-state index is 0.0907. The number of carbonyl (C=O) groups is 1. The van der Waals surface area contributed by atoms with Gasteiger partial charge in [-0.3, -0.25) is 9.78 Å². The average Bonchev–Trinajstić information content (AvgIpc) is 2.65. The van der Waals surface area contributed by atoms with Gasteiger partial charge in [0, 0.05) is 12.2 Å². The molecule has 0 atom stereocenters. The smallest absolute Gasteiger partial charge is 0.224 e. The van der Waals surface area contributed by atoms with Crippen molar-refractivity contribution in [2.45, 2.75) is 51.2 Å². The van der Waals surface area contributed by atoms with Crippen LogP contribution >= 0.6 is 0 Å². The van der Waals surface area contributed by atoms with Gasteiger partial charge in [0.2, 0.25) is 5.91 Å². The number of pyridine rings is 1. The third-order valence-corrected chi connectivity index (χ3v) is 4.87. The molecule has 0 radical (unpaired) electrons. The summed E-state index contributed by atoms with van der Waals surface area (Å²) in [5, 5.41) is 3.05. The summed E-state index contributed by atoms with van der Waals surface area (Å²) in [6.07, 6.45) is 5.57. The molecule has 1 amide bonds. The Morgan fingerprint density at radius 1 is 1.22 bits per heavy atom. The maximum Gasteiger partial charge on any atom is 0.224 e. The Kier molecular flexibility index (Phi) is 6.27. The summed E-state index contributed by atoms with van der Waals surface area (Å²) in [6, 6.07) is 8.54. The highest BCUT2D eigenvalue weighted by Gasteiger charge is 2.24. The van der Waals surface area contributed by atoms with Gasteiger partial charge in [-0.15, -0.1) is 0 Å². The summed E-state index contributed by atoms with van der Waals surface area (Å²) < 4.78 is 24.7. The number of hydrogen-bond acceptors (Lipinski definition) is 4. The molecule has 0 aliphatic heterocycles. The molecule has 1 saturated carbocycles. The van der Waals surface area contributed by atoms with Crippen molar-refractivity contribution in [1.82, 2.24) is 10.3 Å². The molecule has 0 bridgehead atoms. The zero-order valence-corrected chi connectivity index (χ0v) is 15.7. The molecule has 0 spiro atoms. The fraction of sp³-hybridized carbons (Fsp3) is 0.429. The van der Waals surface area contributed by atoms with E-state index in [0.29, 0.717) is 5.56 Å². The zero-order chi connectivity index (χ0) is 19.2. The Labute approximate surface area is 158 Å². The fourth-order valence-corrected chi connectivity index (χ4v) is 3.38. The van der Waals surface area contributed by atoms with Crippen molar-refractivity contribution in [2.75, 3.05) is 7.11 Å². The molecule has 0 unspecified atom stereocenters. The number of amides is 1. The van der Waals surface area contributed by atoms with Gasteiger partial charge in [0.15, 0.2) is 11.6 Å². The number of rotatable bonds is 6. The Morgan fingerprint density at radius 2 is 2.00 bits per heavy atom. The monoisotopic (exact) mass is 372 g/mol. The molecule has 1 fully saturated rings. The SMILES string of the molecule is COc1ccc(CC(=O)NC2CCC(Oc3cccnc3C)CC2)cc1F. The third kappa shape index (κ3) is 5.18. The van der Waals surface area contributed by atoms with E-state index in [-0.39, 0.29) is 30.2 Å². The van der Waals surface area contributed by atoms with Crippen LogP contribution in [0.15, 0.2) is 36.5 Å². The molecule has 3 rings (SSSR count). The van der Waals surface area contributed by atoms with E-state index in [0.717, 1.165) is 37.1 Å². The first-order valence-electron chi connectivity index (χ1n) is 9.25. The lowest BCUT2D eigenvalue weighted by atomic mass is 9.92. The van der Waals surface area contributed by atoms with Gasteiger partial charge < -0.3 is 14.8 Å². The van der Waals surface area contributed by atoms with E-state index in [2.05, 4.69) is 10.3 Å². The van der Waals surface area contributed by atoms with Crippen LogP contribution in [0.5, 0.6) is 11.5 Å². The summed E-state index contributed by atoms with van der Waals surface area (Å²) in [4.78, 5) is 16.5. The van der Waals surface area contributed by atoms with E-state index >= 15 is 0 Å². The predicted molar refractivity (Wildman–Crippen MR) is 100 cm³/mol. The molecule has 144 valence electrons. The second-order valence-corrected chi connectivity index (χ2v) is 6.89. The summed E-state index contributed by atoms with van der Waals surface area (Å²) >= 11 is 0. The summed E-state index contributed by atoms with van der Waals surface area (Å²) in [6.45, 7) is 1.93. The molecular weight excluding hydrogens is 347 g/mol. The Balaban J connectivity index is 1.45. The fourth-order valence-electron chi connectivity index (χ4n) is 3.38. The summed E-state index contributed by atoms with van der Waals surface area (Å²) in [5.74, 6) is 0.464. The molecule has 2 aromatic rings. The van der Waals surface area contributed by atoms with Crippen molar-refractivity contribution in [3.8, 4) is 11.5 Å². The largest absolute Gasteiger partial charge is 0.494 e. The number of aromatic nitrogens is 1. The summed E-state index contributed by atoms with van der Waals surface area (Å²) in [5.41, 5.74) is 1.52. The van der Waals surface area contributed by atoms with Crippen LogP contribution < -0.4 is 14.8 Å². The lowest BCUT2D eigenvalue weighted by molar-refractivity contribution is -0.121. The van der Waals surface area contributed by atoms with Crippen LogP contribution in [0.2, 0.25) is 0 Å². The lowest BCUT2D eigenvalue weighted by Crippen LogP contribution is -2.40. The van der Waals surface area contributed by atoms with Crippen molar-refractivity contribution in [2.24, 2.45) is 0 Å². The van der Waals surface area contributed by atoms with Crippen LogP contribution in [0.3, 0.4) is 0 Å². The van der Waals surface area contributed by atoms with Gasteiger partial charge in [0.05, 0.1) is 25.3 Å². The normalized spacial score (nSPS) is 19.4. The van der Waals surface area contributed by atoms with E-state index in [1.807, 2.05) is 19.1 Å². The van der Waals surface area contributed by atoms with Crippen LogP contribution in [-0.2, 0) is 11.2 Å². The second kappa shape index (κ2) is 8.84. The number of nitrogens with one attached hydrogen (secondary N) is 1. The summed E-state index contributed by atoms with van der Waals surface area (Å²) in [7, 11) is 1.42. The topological polar surface area (TPSA) is 60.5 Å². The highest BCUT2D eigenvalue weighted by Crippen LogP contribution is 2.25. The van der Waals surface area contributed by atoms with Gasteiger partial charge in [-0.2, -0.15) is 0 Å². The third-order valence-electron chi connectivity index (χ3n) is 4.87. The maximum absolute atomic E-state index is 13.7. The molecule has 5 nitrogen and oxygen atoms in total. The van der Waals surface area contributed by atoms with Gasteiger partial charge >= 0.3 is 0 Å². The average molecular weight is 372 g/mol. The molecule has 1 aromatic carbocycles. The number of carbonyl (C=O) groups excluding carboxylic acids is 1. The predicted octanol–water partition coefficient (Wildman–Crippen LogP) is 3.59.